The number of nitrogens with zero attached hydrogens (tertiary/aromatic N) is 4. The molecule has 2 aromatic rings. The molecule has 1 unspecified atom stereocenters. The van der Waals surface area contributed by atoms with Crippen LogP contribution in [0.1, 0.15) is 43.7 Å². The molecule has 0 aliphatic carbocycles. The van der Waals surface area contributed by atoms with Crippen molar-refractivity contribution >= 4 is 17.6 Å². The smallest absolute Gasteiger partial charge is 0.220 e. The van der Waals surface area contributed by atoms with Crippen LogP contribution in [-0.4, -0.2) is 17.6 Å². The van der Waals surface area contributed by atoms with Crippen LogP contribution < -0.4 is 16.4 Å². The molecular weight excluding hydrogens is 348 g/mol. The number of nitrogens with two attached hydrogens (primary N) is 2. The van der Waals surface area contributed by atoms with Gasteiger partial charge in [-0.3, -0.25) is 4.90 Å². The van der Waals surface area contributed by atoms with Gasteiger partial charge in [0.2, 0.25) is 11.9 Å². The minimum absolute atomic E-state index is 0.133. The largest absolute Gasteiger partial charge is 0.369 e. The van der Waals surface area contributed by atoms with E-state index in [1.54, 1.807) is 0 Å². The second-order valence-electron chi connectivity index (χ2n) is 7.42. The monoisotopic (exact) mass is 374 g/mol. The van der Waals surface area contributed by atoms with Crippen molar-refractivity contribution in [2.75, 3.05) is 4.90 Å². The van der Waals surface area contributed by atoms with E-state index in [9.17, 15) is 5.26 Å². The Morgan fingerprint density at radius 3 is 2.36 bits per heavy atom. The molecule has 0 saturated heterocycles. The fraction of sp³-hybridized carbons (Fsp3) is 0.318. The van der Waals surface area contributed by atoms with Gasteiger partial charge >= 0.3 is 0 Å². The van der Waals surface area contributed by atoms with E-state index in [-0.39, 0.29) is 11.9 Å². The van der Waals surface area contributed by atoms with E-state index in [0.29, 0.717) is 5.96 Å². The average Bonchev–Trinajstić information content (AvgIpc) is 2.65. The zero-order valence-electron chi connectivity index (χ0n) is 16.3. The molecule has 1 aliphatic rings. The van der Waals surface area contributed by atoms with E-state index in [1.165, 1.54) is 5.56 Å². The van der Waals surface area contributed by atoms with Gasteiger partial charge in [0.1, 0.15) is 5.66 Å². The number of hydrogen-bond donors (Lipinski definition) is 2. The van der Waals surface area contributed by atoms with Crippen LogP contribution in [0.5, 0.6) is 0 Å². The van der Waals surface area contributed by atoms with Gasteiger partial charge < -0.3 is 11.5 Å². The molecule has 0 aromatic heterocycles. The van der Waals surface area contributed by atoms with Crippen LogP contribution in [0.3, 0.4) is 0 Å². The average molecular weight is 374 g/mol. The van der Waals surface area contributed by atoms with Crippen molar-refractivity contribution in [3.8, 4) is 6.07 Å². The van der Waals surface area contributed by atoms with Crippen LogP contribution in [0.25, 0.3) is 0 Å². The number of guanidine groups is 2. The number of rotatable bonds is 6. The highest BCUT2D eigenvalue weighted by Gasteiger charge is 2.32. The quantitative estimate of drug-likeness (QED) is 0.807. The molecule has 0 radical (unpaired) electrons. The van der Waals surface area contributed by atoms with Crippen molar-refractivity contribution in [2.45, 2.75) is 44.7 Å². The van der Waals surface area contributed by atoms with Gasteiger partial charge in [0.05, 0.1) is 12.0 Å². The lowest BCUT2D eigenvalue weighted by Gasteiger charge is -2.38. The lowest BCUT2D eigenvalue weighted by Crippen LogP contribution is -2.54. The summed E-state index contributed by atoms with van der Waals surface area (Å²) >= 11 is 0. The highest BCUT2D eigenvalue weighted by Crippen LogP contribution is 2.30. The number of benzene rings is 2. The maximum Gasteiger partial charge on any atom is 0.220 e. The standard InChI is InChI=1S/C22H26N6/c1-22(2)27-20(24)26-21(25)28(22)19-13-11-17(12-14-19)18(15-23)10-6-9-16-7-4-3-5-8-16/h3-5,7-8,11-14,18H,6,9-10H2,1-2H3,(H4,24,25,26,27). The molecule has 2 aromatic carbocycles. The Balaban J connectivity index is 1.69. The summed E-state index contributed by atoms with van der Waals surface area (Å²) in [6.07, 6.45) is 2.77. The third kappa shape index (κ3) is 4.32. The number of hydrogen-bond acceptors (Lipinski definition) is 6. The first kappa shape index (κ1) is 19.4. The molecule has 0 bridgehead atoms. The molecule has 6 heteroatoms. The Labute approximate surface area is 166 Å². The van der Waals surface area contributed by atoms with E-state index in [4.69, 9.17) is 11.5 Å². The molecule has 0 spiro atoms. The first-order valence-corrected chi connectivity index (χ1v) is 9.44. The van der Waals surface area contributed by atoms with Crippen molar-refractivity contribution < 1.29 is 0 Å². The predicted molar refractivity (Wildman–Crippen MR) is 114 cm³/mol. The van der Waals surface area contributed by atoms with Crippen molar-refractivity contribution in [3.63, 3.8) is 0 Å². The van der Waals surface area contributed by atoms with Gasteiger partial charge in [-0.05, 0) is 56.4 Å². The van der Waals surface area contributed by atoms with E-state index in [2.05, 4.69) is 28.2 Å². The predicted octanol–water partition coefficient (Wildman–Crippen LogP) is 3.50. The van der Waals surface area contributed by atoms with Gasteiger partial charge in [-0.1, -0.05) is 42.5 Å². The summed E-state index contributed by atoms with van der Waals surface area (Å²) in [4.78, 5) is 10.3. The van der Waals surface area contributed by atoms with Crippen LogP contribution in [0.2, 0.25) is 0 Å². The summed E-state index contributed by atoms with van der Waals surface area (Å²) in [5.74, 6) is 0.357. The highest BCUT2D eigenvalue weighted by molar-refractivity contribution is 6.05. The molecule has 6 nitrogen and oxygen atoms in total. The molecule has 144 valence electrons. The third-order valence-electron chi connectivity index (χ3n) is 4.90. The molecule has 3 rings (SSSR count). The number of nitriles is 1. The minimum atomic E-state index is -0.623. The summed E-state index contributed by atoms with van der Waals surface area (Å²) in [7, 11) is 0. The van der Waals surface area contributed by atoms with Crippen molar-refractivity contribution in [1.29, 1.82) is 5.26 Å². The van der Waals surface area contributed by atoms with Gasteiger partial charge in [0.25, 0.3) is 0 Å². The van der Waals surface area contributed by atoms with Crippen molar-refractivity contribution in [2.24, 2.45) is 21.5 Å². The molecule has 28 heavy (non-hydrogen) atoms. The maximum atomic E-state index is 9.62. The number of anilines is 1. The lowest BCUT2D eigenvalue weighted by molar-refractivity contribution is 0.534. The Morgan fingerprint density at radius 1 is 1.07 bits per heavy atom. The van der Waals surface area contributed by atoms with Crippen molar-refractivity contribution in [1.82, 2.24) is 0 Å². The van der Waals surface area contributed by atoms with Crippen LogP contribution >= 0.6 is 0 Å². The van der Waals surface area contributed by atoms with Gasteiger partial charge in [-0.2, -0.15) is 10.3 Å². The fourth-order valence-electron chi connectivity index (χ4n) is 3.57. The molecule has 1 atom stereocenters. The SMILES string of the molecule is CC1(C)N=C(N)N=C(N)N1c1ccc(C(C#N)CCCc2ccccc2)cc1. The lowest BCUT2D eigenvalue weighted by atomic mass is 9.93. The second-order valence-corrected chi connectivity index (χ2v) is 7.42. The summed E-state index contributed by atoms with van der Waals surface area (Å²) in [6.45, 7) is 3.86. The molecule has 4 N–H and O–H groups in total. The minimum Gasteiger partial charge on any atom is -0.369 e. The van der Waals surface area contributed by atoms with Gasteiger partial charge in [-0.25, -0.2) is 4.99 Å². The fourth-order valence-corrected chi connectivity index (χ4v) is 3.57. The van der Waals surface area contributed by atoms with Crippen molar-refractivity contribution in [3.05, 3.63) is 65.7 Å². The highest BCUT2D eigenvalue weighted by atomic mass is 15.4. The normalized spacial score (nSPS) is 16.7. The first-order chi connectivity index (χ1) is 13.4. The van der Waals surface area contributed by atoms with Crippen LogP contribution in [-0.2, 0) is 6.42 Å². The molecule has 0 amide bonds. The van der Waals surface area contributed by atoms with Crippen LogP contribution in [0.15, 0.2) is 64.6 Å². The van der Waals surface area contributed by atoms with Crippen LogP contribution in [0.4, 0.5) is 5.69 Å². The molecule has 0 saturated carbocycles. The topological polar surface area (TPSA) is 104 Å². The Bertz CT molecular complexity index is 906. The Kier molecular flexibility index (Phi) is 5.65. The first-order valence-electron chi connectivity index (χ1n) is 9.44. The van der Waals surface area contributed by atoms with E-state index >= 15 is 0 Å². The zero-order valence-corrected chi connectivity index (χ0v) is 16.3. The molecular formula is C22H26N6. The van der Waals surface area contributed by atoms with Gasteiger partial charge in [0.15, 0.2) is 0 Å². The number of aliphatic imine (C=N–C) groups is 2. The summed E-state index contributed by atoms with van der Waals surface area (Å²) in [5, 5.41) is 9.62. The summed E-state index contributed by atoms with van der Waals surface area (Å²) < 4.78 is 0. The van der Waals surface area contributed by atoms with Gasteiger partial charge in [0, 0.05) is 5.69 Å². The second kappa shape index (κ2) is 8.13. The molecule has 1 aliphatic heterocycles. The molecule has 0 fully saturated rings. The van der Waals surface area contributed by atoms with E-state index in [1.807, 2.05) is 61.2 Å². The Morgan fingerprint density at radius 2 is 1.75 bits per heavy atom. The number of aryl methyl sites for hydroxylation is 1. The Hall–Kier alpha value is -3.33. The zero-order chi connectivity index (χ0) is 20.1. The van der Waals surface area contributed by atoms with E-state index < -0.39 is 5.66 Å². The summed E-state index contributed by atoms with van der Waals surface area (Å²) in [5.41, 5.74) is 14.4. The summed E-state index contributed by atoms with van der Waals surface area (Å²) in [6, 6.07) is 20.7. The molecule has 1 heterocycles. The van der Waals surface area contributed by atoms with Crippen LogP contribution in [0, 0.1) is 11.3 Å². The third-order valence-corrected chi connectivity index (χ3v) is 4.90. The van der Waals surface area contributed by atoms with E-state index in [0.717, 1.165) is 30.5 Å². The van der Waals surface area contributed by atoms with Gasteiger partial charge in [-0.15, -0.1) is 0 Å². The maximum absolute atomic E-state index is 9.62.